The first-order valence-electron chi connectivity index (χ1n) is 5.44. The van der Waals surface area contributed by atoms with Crippen LogP contribution in [-0.2, 0) is 14.4 Å². The summed E-state index contributed by atoms with van der Waals surface area (Å²) in [5.41, 5.74) is 4.95. The van der Waals surface area contributed by atoms with Crippen LogP contribution in [-0.4, -0.2) is 47.5 Å². The molecule has 0 spiro atoms. The average Bonchev–Trinajstić information content (AvgIpc) is 2.35. The first kappa shape index (κ1) is 14.5. The molecule has 7 nitrogen and oxygen atoms in total. The zero-order valence-electron chi connectivity index (χ0n) is 10.1. The third kappa shape index (κ3) is 5.53. The van der Waals surface area contributed by atoms with E-state index in [0.29, 0.717) is 5.75 Å². The molecule has 0 unspecified atom stereocenters. The van der Waals surface area contributed by atoms with Gasteiger partial charge in [0.05, 0.1) is 0 Å². The Kier molecular flexibility index (Phi) is 5.34. The van der Waals surface area contributed by atoms with Gasteiger partial charge in [-0.1, -0.05) is 18.2 Å². The number of carboxylic acid groups (broad SMARTS) is 1. The second kappa shape index (κ2) is 7.00. The Balaban J connectivity index is 2.56. The summed E-state index contributed by atoms with van der Waals surface area (Å²) in [6.07, 6.45) is 0. The van der Waals surface area contributed by atoms with Crippen molar-refractivity contribution >= 4 is 17.8 Å². The van der Waals surface area contributed by atoms with Crippen LogP contribution in [0.15, 0.2) is 30.3 Å². The Bertz CT molecular complexity index is 444. The fraction of sp³-hybridized carbons (Fsp3) is 0.250. The maximum Gasteiger partial charge on any atom is 0.323 e. The smallest absolute Gasteiger partial charge is 0.323 e. The number of rotatable bonds is 7. The molecule has 19 heavy (non-hydrogen) atoms. The van der Waals surface area contributed by atoms with Gasteiger partial charge in [0.1, 0.15) is 18.8 Å². The zero-order chi connectivity index (χ0) is 14.3. The van der Waals surface area contributed by atoms with Crippen LogP contribution in [0.3, 0.4) is 0 Å². The molecule has 0 saturated carbocycles. The summed E-state index contributed by atoms with van der Waals surface area (Å²) in [6, 6.07) is 8.57. The summed E-state index contributed by atoms with van der Waals surface area (Å²) in [5, 5.41) is 8.64. The highest BCUT2D eigenvalue weighted by molar-refractivity contribution is 5.87. The van der Waals surface area contributed by atoms with E-state index in [9.17, 15) is 14.4 Å². The molecule has 2 amide bonds. The summed E-state index contributed by atoms with van der Waals surface area (Å²) < 4.78 is 5.18. The van der Waals surface area contributed by atoms with E-state index in [-0.39, 0.29) is 6.61 Å². The fourth-order valence-electron chi connectivity index (χ4n) is 1.34. The number of nitrogens with two attached hydrogens (primary N) is 1. The number of aliphatic carboxylic acids is 1. The van der Waals surface area contributed by atoms with Crippen LogP contribution in [0.25, 0.3) is 0 Å². The minimum absolute atomic E-state index is 0.357. The quantitative estimate of drug-likeness (QED) is 0.689. The lowest BCUT2D eigenvalue weighted by Gasteiger charge is -2.18. The van der Waals surface area contributed by atoms with Crippen LogP contribution in [0.1, 0.15) is 0 Å². The molecule has 0 heterocycles. The van der Waals surface area contributed by atoms with Crippen molar-refractivity contribution in [1.82, 2.24) is 4.90 Å². The van der Waals surface area contributed by atoms with Gasteiger partial charge in [0.15, 0.2) is 6.61 Å². The van der Waals surface area contributed by atoms with E-state index in [1.807, 2.05) is 0 Å². The number of hydrogen-bond donors (Lipinski definition) is 2. The van der Waals surface area contributed by atoms with Crippen LogP contribution >= 0.6 is 0 Å². The highest BCUT2D eigenvalue weighted by atomic mass is 16.5. The van der Waals surface area contributed by atoms with Gasteiger partial charge in [0.25, 0.3) is 5.91 Å². The first-order valence-corrected chi connectivity index (χ1v) is 5.44. The van der Waals surface area contributed by atoms with Crippen LogP contribution in [0, 0.1) is 0 Å². The van der Waals surface area contributed by atoms with Crippen molar-refractivity contribution in [3.63, 3.8) is 0 Å². The fourth-order valence-corrected chi connectivity index (χ4v) is 1.34. The van der Waals surface area contributed by atoms with Crippen molar-refractivity contribution in [3.05, 3.63) is 30.3 Å². The minimum atomic E-state index is -1.23. The number of ether oxygens (including phenoxy) is 1. The molecule has 0 bridgehead atoms. The summed E-state index contributed by atoms with van der Waals surface area (Å²) in [6.45, 7) is -1.41. The number of carbonyl (C=O) groups is 3. The molecular formula is C12H14N2O5. The number of hydrogen-bond acceptors (Lipinski definition) is 4. The first-order chi connectivity index (χ1) is 8.99. The Hall–Kier alpha value is -2.57. The molecule has 1 aromatic rings. The van der Waals surface area contributed by atoms with Gasteiger partial charge in [-0.2, -0.15) is 0 Å². The van der Waals surface area contributed by atoms with Gasteiger partial charge in [-0.3, -0.25) is 14.4 Å². The number of benzene rings is 1. The molecule has 0 aliphatic heterocycles. The Morgan fingerprint density at radius 3 is 2.32 bits per heavy atom. The number of primary amides is 1. The van der Waals surface area contributed by atoms with Crippen molar-refractivity contribution in [3.8, 4) is 5.75 Å². The van der Waals surface area contributed by atoms with Crippen molar-refractivity contribution in [2.75, 3.05) is 19.7 Å². The zero-order valence-corrected chi connectivity index (χ0v) is 10.1. The van der Waals surface area contributed by atoms with Crippen molar-refractivity contribution in [1.29, 1.82) is 0 Å². The van der Waals surface area contributed by atoms with Gasteiger partial charge in [-0.15, -0.1) is 0 Å². The van der Waals surface area contributed by atoms with Gasteiger partial charge in [-0.25, -0.2) is 0 Å². The van der Waals surface area contributed by atoms with E-state index in [2.05, 4.69) is 0 Å². The second-order valence-corrected chi connectivity index (χ2v) is 3.71. The molecule has 3 N–H and O–H groups in total. The Labute approximate surface area is 109 Å². The van der Waals surface area contributed by atoms with Gasteiger partial charge >= 0.3 is 5.97 Å². The summed E-state index contributed by atoms with van der Waals surface area (Å²) >= 11 is 0. The van der Waals surface area contributed by atoms with E-state index in [1.54, 1.807) is 30.3 Å². The van der Waals surface area contributed by atoms with Crippen molar-refractivity contribution in [2.45, 2.75) is 0 Å². The van der Waals surface area contributed by atoms with Crippen molar-refractivity contribution < 1.29 is 24.2 Å². The summed E-state index contributed by atoms with van der Waals surface area (Å²) in [4.78, 5) is 33.9. The van der Waals surface area contributed by atoms with Gasteiger partial charge in [0, 0.05) is 0 Å². The van der Waals surface area contributed by atoms with E-state index in [4.69, 9.17) is 15.6 Å². The number of carbonyl (C=O) groups excluding carboxylic acids is 2. The molecular weight excluding hydrogens is 252 g/mol. The molecule has 0 aromatic heterocycles. The molecule has 1 rings (SSSR count). The van der Waals surface area contributed by atoms with E-state index in [1.165, 1.54) is 0 Å². The average molecular weight is 266 g/mol. The molecule has 0 radical (unpaired) electrons. The van der Waals surface area contributed by atoms with Crippen LogP contribution < -0.4 is 10.5 Å². The third-order valence-corrected chi connectivity index (χ3v) is 2.13. The highest BCUT2D eigenvalue weighted by Crippen LogP contribution is 2.08. The molecule has 0 atom stereocenters. The van der Waals surface area contributed by atoms with Crippen LogP contribution in [0.4, 0.5) is 0 Å². The lowest BCUT2D eigenvalue weighted by molar-refractivity contribution is -0.146. The van der Waals surface area contributed by atoms with E-state index in [0.717, 1.165) is 4.90 Å². The predicted octanol–water partition coefficient (Wildman–Crippen LogP) is -0.536. The number of carboxylic acids is 1. The molecule has 7 heteroatoms. The maximum absolute atomic E-state index is 11.7. The topological polar surface area (TPSA) is 110 Å². The van der Waals surface area contributed by atoms with E-state index >= 15 is 0 Å². The summed E-state index contributed by atoms with van der Waals surface area (Å²) in [5.74, 6) is -2.15. The monoisotopic (exact) mass is 266 g/mol. The molecule has 0 saturated heterocycles. The number of para-hydroxylation sites is 1. The van der Waals surface area contributed by atoms with Crippen LogP contribution in [0.5, 0.6) is 5.75 Å². The Morgan fingerprint density at radius 2 is 1.79 bits per heavy atom. The maximum atomic E-state index is 11.7. The lowest BCUT2D eigenvalue weighted by atomic mass is 10.3. The SMILES string of the molecule is NC(=O)CN(CC(=O)O)C(=O)COc1ccccc1. The Morgan fingerprint density at radius 1 is 1.16 bits per heavy atom. The largest absolute Gasteiger partial charge is 0.484 e. The van der Waals surface area contributed by atoms with E-state index < -0.39 is 30.9 Å². The number of amides is 2. The standard InChI is InChI=1S/C12H14N2O5/c13-10(15)6-14(7-12(17)18)11(16)8-19-9-4-2-1-3-5-9/h1-5H,6-8H2,(H2,13,15)(H,17,18). The summed E-state index contributed by atoms with van der Waals surface area (Å²) in [7, 11) is 0. The predicted molar refractivity (Wildman–Crippen MR) is 65.3 cm³/mol. The van der Waals surface area contributed by atoms with Crippen molar-refractivity contribution in [2.24, 2.45) is 5.73 Å². The molecule has 0 aliphatic rings. The third-order valence-electron chi connectivity index (χ3n) is 2.13. The minimum Gasteiger partial charge on any atom is -0.484 e. The highest BCUT2D eigenvalue weighted by Gasteiger charge is 2.19. The molecule has 1 aromatic carbocycles. The van der Waals surface area contributed by atoms with Gasteiger partial charge in [-0.05, 0) is 12.1 Å². The van der Waals surface area contributed by atoms with Gasteiger partial charge in [0.2, 0.25) is 5.91 Å². The second-order valence-electron chi connectivity index (χ2n) is 3.71. The lowest BCUT2D eigenvalue weighted by Crippen LogP contribution is -2.43. The van der Waals surface area contributed by atoms with Crippen LogP contribution in [0.2, 0.25) is 0 Å². The van der Waals surface area contributed by atoms with Gasteiger partial charge < -0.3 is 20.5 Å². The molecule has 0 aliphatic carbocycles. The molecule has 102 valence electrons. The normalized spacial score (nSPS) is 9.68. The molecule has 0 fully saturated rings. The number of nitrogens with zero attached hydrogens (tertiary/aromatic N) is 1.